The van der Waals surface area contributed by atoms with Crippen LogP contribution in [0.2, 0.25) is 20.1 Å². The third kappa shape index (κ3) is 3.23. The first kappa shape index (κ1) is 15.9. The van der Waals surface area contributed by atoms with Gasteiger partial charge in [-0.2, -0.15) is 0 Å². The Morgan fingerprint density at radius 3 is 2.05 bits per heavy atom. The van der Waals surface area contributed by atoms with Crippen molar-refractivity contribution in [3.8, 4) is 11.1 Å². The fourth-order valence-electron chi connectivity index (χ4n) is 1.73. The monoisotopic (exact) mass is 368 g/mol. The highest BCUT2D eigenvalue weighted by molar-refractivity contribution is 7.90. The van der Waals surface area contributed by atoms with Crippen LogP contribution in [-0.4, -0.2) is 14.7 Å². The molecule has 2 aromatic rings. The van der Waals surface area contributed by atoms with Crippen LogP contribution in [0.3, 0.4) is 0 Å². The molecule has 0 atom stereocenters. The lowest BCUT2D eigenvalue weighted by Gasteiger charge is -2.11. The van der Waals surface area contributed by atoms with Crippen molar-refractivity contribution in [2.24, 2.45) is 0 Å². The minimum absolute atomic E-state index is 0.0438. The van der Waals surface area contributed by atoms with Crippen molar-refractivity contribution in [1.82, 2.24) is 0 Å². The van der Waals surface area contributed by atoms with Gasteiger partial charge >= 0.3 is 0 Å². The highest BCUT2D eigenvalue weighted by Gasteiger charge is 2.19. The zero-order valence-electron chi connectivity index (χ0n) is 10.1. The van der Waals surface area contributed by atoms with Gasteiger partial charge in [-0.1, -0.05) is 46.4 Å². The van der Waals surface area contributed by atoms with Gasteiger partial charge in [-0.25, -0.2) is 8.42 Å². The summed E-state index contributed by atoms with van der Waals surface area (Å²) in [6.45, 7) is 0. The van der Waals surface area contributed by atoms with Crippen molar-refractivity contribution >= 4 is 56.2 Å². The maximum atomic E-state index is 11.7. The second-order valence-corrected chi connectivity index (χ2v) is 7.80. The third-order valence-corrected chi connectivity index (χ3v) is 5.05. The van der Waals surface area contributed by atoms with Gasteiger partial charge < -0.3 is 0 Å². The quantitative estimate of drug-likeness (QED) is 0.712. The fraction of sp³-hybridized carbons (Fsp3) is 0.0769. The number of hydrogen-bond donors (Lipinski definition) is 0. The molecule has 0 saturated carbocycles. The van der Waals surface area contributed by atoms with Crippen LogP contribution in [0.25, 0.3) is 11.1 Å². The molecule has 0 aliphatic rings. The van der Waals surface area contributed by atoms with E-state index in [9.17, 15) is 8.42 Å². The summed E-state index contributed by atoms with van der Waals surface area (Å²) in [5, 5.41) is 1.18. The smallest absolute Gasteiger partial charge is 0.177 e. The first-order chi connectivity index (χ1) is 9.20. The van der Waals surface area contributed by atoms with Crippen molar-refractivity contribution in [3.63, 3.8) is 0 Å². The summed E-state index contributed by atoms with van der Waals surface area (Å²) in [4.78, 5) is -0.0438. The minimum atomic E-state index is -3.50. The van der Waals surface area contributed by atoms with Crippen molar-refractivity contribution in [3.05, 3.63) is 50.4 Å². The van der Waals surface area contributed by atoms with Gasteiger partial charge in [0.15, 0.2) is 9.84 Å². The van der Waals surface area contributed by atoms with Crippen LogP contribution in [0, 0.1) is 0 Å². The van der Waals surface area contributed by atoms with Gasteiger partial charge in [0.1, 0.15) is 0 Å². The van der Waals surface area contributed by atoms with Gasteiger partial charge in [0.05, 0.1) is 9.92 Å². The Balaban J connectivity index is 2.82. The highest BCUT2D eigenvalue weighted by atomic mass is 35.5. The van der Waals surface area contributed by atoms with Crippen LogP contribution in [0.5, 0.6) is 0 Å². The average Bonchev–Trinajstić information content (AvgIpc) is 2.33. The Morgan fingerprint density at radius 2 is 1.45 bits per heavy atom. The zero-order chi connectivity index (χ0) is 15.1. The summed E-state index contributed by atoms with van der Waals surface area (Å²) in [6.07, 6.45) is 1.06. The van der Waals surface area contributed by atoms with Gasteiger partial charge in [0.2, 0.25) is 0 Å². The standard InChI is InChI=1S/C13H8Cl4O2S/c1-20(18,19)12-6-8(15)5-10(13(12)17)9-4-7(14)2-3-11(9)16/h2-6H,1H3. The van der Waals surface area contributed by atoms with E-state index < -0.39 is 9.84 Å². The molecule has 106 valence electrons. The molecule has 2 aromatic carbocycles. The number of hydrogen-bond acceptors (Lipinski definition) is 2. The Morgan fingerprint density at radius 1 is 0.850 bits per heavy atom. The van der Waals surface area contributed by atoms with Crippen molar-refractivity contribution in [1.29, 1.82) is 0 Å². The topological polar surface area (TPSA) is 34.1 Å². The summed E-state index contributed by atoms with van der Waals surface area (Å²) in [5.41, 5.74) is 0.948. The zero-order valence-corrected chi connectivity index (χ0v) is 14.0. The van der Waals surface area contributed by atoms with Crippen molar-refractivity contribution < 1.29 is 8.42 Å². The van der Waals surface area contributed by atoms with E-state index in [0.29, 0.717) is 21.2 Å². The second kappa shape index (κ2) is 5.74. The van der Waals surface area contributed by atoms with Crippen molar-refractivity contribution in [2.45, 2.75) is 4.90 Å². The predicted octanol–water partition coefficient (Wildman–Crippen LogP) is 5.37. The van der Waals surface area contributed by atoms with Crippen LogP contribution in [0.1, 0.15) is 0 Å². The molecule has 0 unspecified atom stereocenters. The molecule has 0 bridgehead atoms. The van der Waals surface area contributed by atoms with Gasteiger partial charge in [0.25, 0.3) is 0 Å². The van der Waals surface area contributed by atoms with Crippen LogP contribution in [0.4, 0.5) is 0 Å². The molecule has 0 radical (unpaired) electrons. The maximum Gasteiger partial charge on any atom is 0.177 e. The van der Waals surface area contributed by atoms with Crippen LogP contribution >= 0.6 is 46.4 Å². The summed E-state index contributed by atoms with van der Waals surface area (Å²) < 4.78 is 23.5. The number of sulfone groups is 1. The first-order valence-electron chi connectivity index (χ1n) is 5.34. The molecule has 0 saturated heterocycles. The maximum absolute atomic E-state index is 11.7. The number of halogens is 4. The van der Waals surface area contributed by atoms with Gasteiger partial charge in [-0.3, -0.25) is 0 Å². The number of benzene rings is 2. The molecular weight excluding hydrogens is 362 g/mol. The number of rotatable bonds is 2. The third-order valence-electron chi connectivity index (χ3n) is 2.62. The highest BCUT2D eigenvalue weighted by Crippen LogP contribution is 2.39. The molecule has 0 heterocycles. The van der Waals surface area contributed by atoms with E-state index in [4.69, 9.17) is 46.4 Å². The van der Waals surface area contributed by atoms with Crippen LogP contribution in [0.15, 0.2) is 35.2 Å². The van der Waals surface area contributed by atoms with Crippen LogP contribution < -0.4 is 0 Å². The molecule has 2 rings (SSSR count). The van der Waals surface area contributed by atoms with E-state index >= 15 is 0 Å². The molecule has 20 heavy (non-hydrogen) atoms. The molecule has 0 fully saturated rings. The van der Waals surface area contributed by atoms with E-state index in [1.807, 2.05) is 0 Å². The Bertz CT molecular complexity index is 785. The van der Waals surface area contributed by atoms with E-state index in [-0.39, 0.29) is 14.9 Å². The molecular formula is C13H8Cl4O2S. The SMILES string of the molecule is CS(=O)(=O)c1cc(Cl)cc(-c2cc(Cl)ccc2Cl)c1Cl. The fourth-order valence-corrected chi connectivity index (χ4v) is 3.82. The molecule has 0 aliphatic carbocycles. The van der Waals surface area contributed by atoms with E-state index in [0.717, 1.165) is 6.26 Å². The molecule has 2 nitrogen and oxygen atoms in total. The van der Waals surface area contributed by atoms with Crippen LogP contribution in [-0.2, 0) is 9.84 Å². The molecule has 0 amide bonds. The normalized spacial score (nSPS) is 11.7. The molecule has 0 spiro atoms. The van der Waals surface area contributed by atoms with Gasteiger partial charge in [0, 0.05) is 32.5 Å². The summed E-state index contributed by atoms with van der Waals surface area (Å²) in [5.74, 6) is 0. The second-order valence-electron chi connectivity index (χ2n) is 4.16. The van der Waals surface area contributed by atoms with Gasteiger partial charge in [-0.15, -0.1) is 0 Å². The lowest BCUT2D eigenvalue weighted by molar-refractivity contribution is 0.602. The summed E-state index contributed by atoms with van der Waals surface area (Å²) in [7, 11) is -3.50. The average molecular weight is 370 g/mol. The molecule has 7 heteroatoms. The lowest BCUT2D eigenvalue weighted by Crippen LogP contribution is -1.99. The predicted molar refractivity (Wildman–Crippen MR) is 85.0 cm³/mol. The lowest BCUT2D eigenvalue weighted by atomic mass is 10.1. The van der Waals surface area contributed by atoms with Crippen molar-refractivity contribution in [2.75, 3.05) is 6.26 Å². The Kier molecular flexibility index (Phi) is 4.57. The summed E-state index contributed by atoms with van der Waals surface area (Å²) >= 11 is 24.2. The first-order valence-corrected chi connectivity index (χ1v) is 8.75. The van der Waals surface area contributed by atoms with E-state index in [1.54, 1.807) is 24.3 Å². The Hall–Kier alpha value is -0.450. The largest absolute Gasteiger partial charge is 0.224 e. The molecule has 0 aliphatic heterocycles. The molecule has 0 aromatic heterocycles. The van der Waals surface area contributed by atoms with E-state index in [1.165, 1.54) is 6.07 Å². The summed E-state index contributed by atoms with van der Waals surface area (Å²) in [6, 6.07) is 7.70. The van der Waals surface area contributed by atoms with Gasteiger partial charge in [-0.05, 0) is 30.3 Å². The molecule has 0 N–H and O–H groups in total. The minimum Gasteiger partial charge on any atom is -0.224 e. The Labute approximate surface area is 137 Å². The van der Waals surface area contributed by atoms with E-state index in [2.05, 4.69) is 0 Å².